The minimum atomic E-state index is -0.423. The van der Waals surface area contributed by atoms with E-state index in [0.717, 1.165) is 29.8 Å². The standard InChI is InChI=1S/C31H39NO6/c1-4-31(35)38-18-5-17-32(27-11-6-24(7-12-27)10-15-29(33)26-20-37-21-26)28-13-8-25(9-14-28)16-19-36-22-30(34)23(2)3/h4,6-9,11-14,26,29,33H,1-2,5,10,15-22H2,3H3. The van der Waals surface area contributed by atoms with Crippen LogP contribution in [0.2, 0.25) is 0 Å². The van der Waals surface area contributed by atoms with Crippen molar-refractivity contribution in [1.82, 2.24) is 0 Å². The molecule has 1 N–H and O–H groups in total. The van der Waals surface area contributed by atoms with Gasteiger partial charge in [0.1, 0.15) is 6.61 Å². The first-order chi connectivity index (χ1) is 18.4. The van der Waals surface area contributed by atoms with Crippen LogP contribution in [0.4, 0.5) is 11.4 Å². The summed E-state index contributed by atoms with van der Waals surface area (Å²) in [4.78, 5) is 25.2. The van der Waals surface area contributed by atoms with E-state index in [1.54, 1.807) is 6.92 Å². The van der Waals surface area contributed by atoms with Crippen LogP contribution in [0.25, 0.3) is 0 Å². The smallest absolute Gasteiger partial charge is 0.330 e. The van der Waals surface area contributed by atoms with E-state index in [2.05, 4.69) is 66.6 Å². The Labute approximate surface area is 225 Å². The van der Waals surface area contributed by atoms with Gasteiger partial charge in [0.05, 0.1) is 32.5 Å². The summed E-state index contributed by atoms with van der Waals surface area (Å²) >= 11 is 0. The minimum absolute atomic E-state index is 0.0571. The molecule has 0 aliphatic carbocycles. The molecule has 1 saturated heterocycles. The molecule has 0 spiro atoms. The molecular formula is C31H39NO6. The zero-order valence-electron chi connectivity index (χ0n) is 22.3. The van der Waals surface area contributed by atoms with Gasteiger partial charge < -0.3 is 24.2 Å². The quantitative estimate of drug-likeness (QED) is 0.185. The summed E-state index contributed by atoms with van der Waals surface area (Å²) < 4.78 is 15.8. The van der Waals surface area contributed by atoms with E-state index >= 15 is 0 Å². The Kier molecular flexibility index (Phi) is 11.7. The van der Waals surface area contributed by atoms with Crippen molar-refractivity contribution >= 4 is 23.1 Å². The summed E-state index contributed by atoms with van der Waals surface area (Å²) in [5.41, 5.74) is 4.85. The van der Waals surface area contributed by atoms with Crippen LogP contribution in [-0.4, -0.2) is 62.5 Å². The summed E-state index contributed by atoms with van der Waals surface area (Å²) in [6.45, 7) is 11.5. The Balaban J connectivity index is 1.61. The monoisotopic (exact) mass is 521 g/mol. The molecule has 1 aliphatic rings. The number of aryl methyl sites for hydroxylation is 1. The van der Waals surface area contributed by atoms with Gasteiger partial charge in [0.15, 0.2) is 5.78 Å². The number of Topliss-reactive ketones (excluding diaryl/α,β-unsaturated/α-hetero) is 1. The van der Waals surface area contributed by atoms with Gasteiger partial charge in [0, 0.05) is 29.9 Å². The predicted octanol–water partition coefficient (Wildman–Crippen LogP) is 4.59. The maximum Gasteiger partial charge on any atom is 0.330 e. The number of hydrogen-bond acceptors (Lipinski definition) is 7. The normalized spacial score (nSPS) is 13.8. The number of aliphatic hydroxyl groups is 1. The third-order valence-electron chi connectivity index (χ3n) is 6.61. The Hall–Kier alpha value is -3.26. The molecule has 1 fully saturated rings. The van der Waals surface area contributed by atoms with Gasteiger partial charge in [-0.25, -0.2) is 4.79 Å². The van der Waals surface area contributed by atoms with Gasteiger partial charge in [-0.15, -0.1) is 0 Å². The van der Waals surface area contributed by atoms with Crippen LogP contribution < -0.4 is 4.90 Å². The van der Waals surface area contributed by atoms with Crippen LogP contribution in [-0.2, 0) is 36.6 Å². The van der Waals surface area contributed by atoms with E-state index in [-0.39, 0.29) is 24.4 Å². The Bertz CT molecular complexity index is 1060. The van der Waals surface area contributed by atoms with Gasteiger partial charge in [-0.1, -0.05) is 37.4 Å². The lowest BCUT2D eigenvalue weighted by Crippen LogP contribution is -2.38. The molecule has 0 amide bonds. The molecule has 1 aliphatic heterocycles. The summed E-state index contributed by atoms with van der Waals surface area (Å²) in [6, 6.07) is 16.6. The van der Waals surface area contributed by atoms with Crippen LogP contribution >= 0.6 is 0 Å². The van der Waals surface area contributed by atoms with Crippen molar-refractivity contribution in [2.45, 2.75) is 38.7 Å². The van der Waals surface area contributed by atoms with Crippen molar-refractivity contribution in [3.05, 3.63) is 84.5 Å². The number of carbonyl (C=O) groups is 2. The van der Waals surface area contributed by atoms with Crippen molar-refractivity contribution in [2.75, 3.05) is 44.5 Å². The summed E-state index contributed by atoms with van der Waals surface area (Å²) in [6.07, 6.45) is 3.73. The molecule has 1 heterocycles. The lowest BCUT2D eigenvalue weighted by Gasteiger charge is -2.30. The van der Waals surface area contributed by atoms with Gasteiger partial charge in [-0.05, 0) is 73.6 Å². The topological polar surface area (TPSA) is 85.3 Å². The van der Waals surface area contributed by atoms with E-state index in [1.807, 2.05) is 0 Å². The first kappa shape index (κ1) is 29.3. The third kappa shape index (κ3) is 9.24. The summed E-state index contributed by atoms with van der Waals surface area (Å²) in [5, 5.41) is 10.3. The number of hydrogen-bond donors (Lipinski definition) is 1. The number of carbonyl (C=O) groups excluding carboxylic acids is 2. The van der Waals surface area contributed by atoms with Crippen molar-refractivity contribution in [1.29, 1.82) is 0 Å². The average Bonchev–Trinajstić information content (AvgIpc) is 2.89. The fourth-order valence-electron chi connectivity index (χ4n) is 4.05. The van der Waals surface area contributed by atoms with Crippen molar-refractivity contribution in [2.24, 2.45) is 5.92 Å². The number of anilines is 2. The number of ketones is 1. The van der Waals surface area contributed by atoms with Gasteiger partial charge in [0.2, 0.25) is 0 Å². The maximum atomic E-state index is 11.6. The molecule has 1 atom stereocenters. The lowest BCUT2D eigenvalue weighted by atomic mass is 9.95. The fourth-order valence-corrected chi connectivity index (χ4v) is 4.05. The largest absolute Gasteiger partial charge is 0.462 e. The molecule has 2 aromatic carbocycles. The number of nitrogens with zero attached hydrogens (tertiary/aromatic N) is 1. The molecule has 1 unspecified atom stereocenters. The number of benzene rings is 2. The Morgan fingerprint density at radius 1 is 1.05 bits per heavy atom. The minimum Gasteiger partial charge on any atom is -0.462 e. The number of ether oxygens (including phenoxy) is 3. The highest BCUT2D eigenvalue weighted by atomic mass is 16.5. The molecule has 7 nitrogen and oxygen atoms in total. The first-order valence-corrected chi connectivity index (χ1v) is 13.1. The molecule has 0 radical (unpaired) electrons. The second kappa shape index (κ2) is 15.2. The van der Waals surface area contributed by atoms with E-state index in [0.29, 0.717) is 51.4 Å². The zero-order chi connectivity index (χ0) is 27.3. The summed E-state index contributed by atoms with van der Waals surface area (Å²) in [7, 11) is 0. The second-order valence-electron chi connectivity index (χ2n) is 9.62. The fraction of sp³-hybridized carbons (Fsp3) is 0.419. The van der Waals surface area contributed by atoms with Crippen LogP contribution in [0, 0.1) is 5.92 Å². The van der Waals surface area contributed by atoms with Crippen LogP contribution in [0.1, 0.15) is 30.9 Å². The number of esters is 1. The molecule has 38 heavy (non-hydrogen) atoms. The van der Waals surface area contributed by atoms with Gasteiger partial charge in [-0.2, -0.15) is 0 Å². The van der Waals surface area contributed by atoms with Crippen molar-refractivity contribution in [3.63, 3.8) is 0 Å². The second-order valence-corrected chi connectivity index (χ2v) is 9.62. The van der Waals surface area contributed by atoms with Crippen LogP contribution in [0.15, 0.2) is 73.3 Å². The Morgan fingerprint density at radius 2 is 1.66 bits per heavy atom. The highest BCUT2D eigenvalue weighted by Crippen LogP contribution is 2.27. The average molecular weight is 522 g/mol. The molecular weight excluding hydrogens is 482 g/mol. The van der Waals surface area contributed by atoms with Gasteiger partial charge >= 0.3 is 5.97 Å². The van der Waals surface area contributed by atoms with Crippen molar-refractivity contribution < 1.29 is 28.9 Å². The van der Waals surface area contributed by atoms with Crippen LogP contribution in [0.5, 0.6) is 0 Å². The van der Waals surface area contributed by atoms with E-state index in [1.165, 1.54) is 11.6 Å². The molecule has 0 aromatic heterocycles. The molecule has 2 aromatic rings. The molecule has 204 valence electrons. The highest BCUT2D eigenvalue weighted by Gasteiger charge is 2.26. The van der Waals surface area contributed by atoms with Gasteiger partial charge in [0.25, 0.3) is 0 Å². The first-order valence-electron chi connectivity index (χ1n) is 13.1. The number of rotatable bonds is 17. The predicted molar refractivity (Wildman–Crippen MR) is 149 cm³/mol. The molecule has 0 saturated carbocycles. The number of aliphatic hydroxyl groups excluding tert-OH is 1. The highest BCUT2D eigenvalue weighted by molar-refractivity contribution is 5.95. The van der Waals surface area contributed by atoms with Crippen LogP contribution in [0.3, 0.4) is 0 Å². The third-order valence-corrected chi connectivity index (χ3v) is 6.61. The maximum absolute atomic E-state index is 11.6. The van der Waals surface area contributed by atoms with E-state index < -0.39 is 5.97 Å². The zero-order valence-corrected chi connectivity index (χ0v) is 22.3. The molecule has 0 bridgehead atoms. The van der Waals surface area contributed by atoms with E-state index in [9.17, 15) is 14.7 Å². The van der Waals surface area contributed by atoms with Gasteiger partial charge in [-0.3, -0.25) is 4.79 Å². The Morgan fingerprint density at radius 3 is 2.18 bits per heavy atom. The molecule has 3 rings (SSSR count). The molecule has 7 heteroatoms. The lowest BCUT2D eigenvalue weighted by molar-refractivity contribution is -0.137. The van der Waals surface area contributed by atoms with E-state index in [4.69, 9.17) is 14.2 Å². The van der Waals surface area contributed by atoms with Crippen molar-refractivity contribution in [3.8, 4) is 0 Å². The SMILES string of the molecule is C=CC(=O)OCCCN(c1ccc(CCOCC(=O)C(=C)C)cc1)c1ccc(CCC(O)C2COC2)cc1. The summed E-state index contributed by atoms with van der Waals surface area (Å²) in [5.74, 6) is -0.244.